The Morgan fingerprint density at radius 1 is 1.39 bits per heavy atom. The maximum Gasteiger partial charge on any atom is 0.287 e. The standard InChI is InChI=1S/C12H17N3O3/c16-9-12(6-2-1-3-7-12)14-11-5-4-10(8-13-11)15(17)18/h4-5,8,16H,1-3,6-7,9H2,(H,13,14). The van der Waals surface area contributed by atoms with Crippen molar-refractivity contribution >= 4 is 11.5 Å². The molecule has 0 atom stereocenters. The summed E-state index contributed by atoms with van der Waals surface area (Å²) in [6, 6.07) is 3.01. The molecule has 1 heterocycles. The number of anilines is 1. The average molecular weight is 251 g/mol. The van der Waals surface area contributed by atoms with Gasteiger partial charge in [-0.15, -0.1) is 0 Å². The Kier molecular flexibility index (Phi) is 3.76. The second kappa shape index (κ2) is 5.30. The van der Waals surface area contributed by atoms with Gasteiger partial charge in [0.2, 0.25) is 0 Å². The molecule has 0 radical (unpaired) electrons. The van der Waals surface area contributed by atoms with Gasteiger partial charge >= 0.3 is 0 Å². The monoisotopic (exact) mass is 251 g/mol. The lowest BCUT2D eigenvalue weighted by Crippen LogP contribution is -2.44. The molecule has 0 bridgehead atoms. The third-order valence-electron chi connectivity index (χ3n) is 3.47. The maximum absolute atomic E-state index is 10.5. The molecule has 1 aliphatic carbocycles. The van der Waals surface area contributed by atoms with E-state index in [1.807, 2.05) is 0 Å². The molecule has 18 heavy (non-hydrogen) atoms. The second-order valence-corrected chi connectivity index (χ2v) is 4.78. The molecule has 0 amide bonds. The highest BCUT2D eigenvalue weighted by Crippen LogP contribution is 2.31. The van der Waals surface area contributed by atoms with Crippen molar-refractivity contribution in [3.63, 3.8) is 0 Å². The second-order valence-electron chi connectivity index (χ2n) is 4.78. The highest BCUT2D eigenvalue weighted by Gasteiger charge is 2.31. The fourth-order valence-corrected chi connectivity index (χ4v) is 2.39. The first-order valence-electron chi connectivity index (χ1n) is 6.15. The fraction of sp³-hybridized carbons (Fsp3) is 0.583. The van der Waals surface area contributed by atoms with E-state index in [1.54, 1.807) is 6.07 Å². The molecule has 6 heteroatoms. The third-order valence-corrected chi connectivity index (χ3v) is 3.47. The van der Waals surface area contributed by atoms with Gasteiger partial charge in [-0.3, -0.25) is 10.1 Å². The van der Waals surface area contributed by atoms with Crippen molar-refractivity contribution in [2.24, 2.45) is 0 Å². The number of hydrogen-bond donors (Lipinski definition) is 2. The quantitative estimate of drug-likeness (QED) is 0.632. The van der Waals surface area contributed by atoms with Crippen molar-refractivity contribution in [2.45, 2.75) is 37.6 Å². The minimum absolute atomic E-state index is 0.0257. The van der Waals surface area contributed by atoms with E-state index in [9.17, 15) is 15.2 Å². The van der Waals surface area contributed by atoms with Crippen molar-refractivity contribution in [2.75, 3.05) is 11.9 Å². The summed E-state index contributed by atoms with van der Waals surface area (Å²) < 4.78 is 0. The Labute approximate surface area is 105 Å². The van der Waals surface area contributed by atoms with Gasteiger partial charge < -0.3 is 10.4 Å². The lowest BCUT2D eigenvalue weighted by atomic mass is 9.82. The number of pyridine rings is 1. The van der Waals surface area contributed by atoms with Gasteiger partial charge in [0, 0.05) is 6.07 Å². The molecule has 1 saturated carbocycles. The lowest BCUT2D eigenvalue weighted by Gasteiger charge is -2.36. The van der Waals surface area contributed by atoms with Crippen LogP contribution in [-0.2, 0) is 0 Å². The van der Waals surface area contributed by atoms with Crippen LogP contribution in [0.25, 0.3) is 0 Å². The van der Waals surface area contributed by atoms with Gasteiger partial charge in [-0.05, 0) is 18.9 Å². The van der Waals surface area contributed by atoms with Crippen LogP contribution in [0.4, 0.5) is 11.5 Å². The minimum atomic E-state index is -0.473. The maximum atomic E-state index is 10.5. The van der Waals surface area contributed by atoms with Gasteiger partial charge in [-0.25, -0.2) is 4.98 Å². The Hall–Kier alpha value is -1.69. The molecule has 1 aromatic heterocycles. The van der Waals surface area contributed by atoms with Crippen molar-refractivity contribution in [1.29, 1.82) is 0 Å². The Morgan fingerprint density at radius 3 is 2.61 bits per heavy atom. The number of nitrogens with zero attached hydrogens (tertiary/aromatic N) is 2. The molecule has 0 aliphatic heterocycles. The van der Waals surface area contributed by atoms with Crippen LogP contribution < -0.4 is 5.32 Å². The van der Waals surface area contributed by atoms with Crippen LogP contribution in [-0.4, -0.2) is 27.2 Å². The molecule has 1 aromatic rings. The van der Waals surface area contributed by atoms with E-state index in [0.717, 1.165) is 25.7 Å². The van der Waals surface area contributed by atoms with E-state index < -0.39 is 4.92 Å². The summed E-state index contributed by atoms with van der Waals surface area (Å²) in [5, 5.41) is 23.3. The number of nitro groups is 1. The first-order valence-corrected chi connectivity index (χ1v) is 6.15. The van der Waals surface area contributed by atoms with Crippen LogP contribution >= 0.6 is 0 Å². The molecule has 1 fully saturated rings. The summed E-state index contributed by atoms with van der Waals surface area (Å²) in [5.41, 5.74) is -0.344. The summed E-state index contributed by atoms with van der Waals surface area (Å²) >= 11 is 0. The van der Waals surface area contributed by atoms with Gasteiger partial charge in [0.05, 0.1) is 17.1 Å². The fourth-order valence-electron chi connectivity index (χ4n) is 2.39. The SMILES string of the molecule is O=[N+]([O-])c1ccc(NC2(CO)CCCCC2)nc1. The molecule has 1 aliphatic rings. The van der Waals surface area contributed by atoms with Gasteiger partial charge in [0.15, 0.2) is 0 Å². The van der Waals surface area contributed by atoms with Crippen molar-refractivity contribution in [1.82, 2.24) is 4.98 Å². The number of nitrogens with one attached hydrogen (secondary N) is 1. The number of rotatable bonds is 4. The summed E-state index contributed by atoms with van der Waals surface area (Å²) in [7, 11) is 0. The van der Waals surface area contributed by atoms with Crippen molar-refractivity contribution in [3.05, 3.63) is 28.4 Å². The summed E-state index contributed by atoms with van der Waals surface area (Å²) in [6.07, 6.45) is 6.40. The molecule has 0 saturated heterocycles. The summed E-state index contributed by atoms with van der Waals surface area (Å²) in [5.74, 6) is 0.580. The first-order chi connectivity index (χ1) is 8.65. The number of aliphatic hydroxyl groups is 1. The van der Waals surface area contributed by atoms with Crippen LogP contribution in [0, 0.1) is 10.1 Å². The largest absolute Gasteiger partial charge is 0.394 e. The van der Waals surface area contributed by atoms with Gasteiger partial charge in [-0.1, -0.05) is 19.3 Å². The predicted octanol–water partition coefficient (Wildman–Crippen LogP) is 2.10. The summed E-state index contributed by atoms with van der Waals surface area (Å²) in [6.45, 7) is 0.0612. The number of aliphatic hydroxyl groups excluding tert-OH is 1. The molecule has 98 valence electrons. The van der Waals surface area contributed by atoms with E-state index >= 15 is 0 Å². The molecule has 0 unspecified atom stereocenters. The molecule has 0 spiro atoms. The zero-order chi connectivity index (χ0) is 13.0. The van der Waals surface area contributed by atoms with Crippen LogP contribution in [0.1, 0.15) is 32.1 Å². The summed E-state index contributed by atoms with van der Waals surface area (Å²) in [4.78, 5) is 14.1. The average Bonchev–Trinajstić information content (AvgIpc) is 2.40. The zero-order valence-electron chi connectivity index (χ0n) is 10.1. The normalized spacial score (nSPS) is 18.3. The molecule has 0 aromatic carbocycles. The van der Waals surface area contributed by atoms with Crippen LogP contribution in [0.5, 0.6) is 0 Å². The molecular formula is C12H17N3O3. The smallest absolute Gasteiger partial charge is 0.287 e. The minimum Gasteiger partial charge on any atom is -0.394 e. The van der Waals surface area contributed by atoms with Gasteiger partial charge in [0.1, 0.15) is 12.0 Å². The van der Waals surface area contributed by atoms with E-state index in [4.69, 9.17) is 0 Å². The van der Waals surface area contributed by atoms with E-state index in [-0.39, 0.29) is 17.8 Å². The highest BCUT2D eigenvalue weighted by molar-refractivity contribution is 5.42. The highest BCUT2D eigenvalue weighted by atomic mass is 16.6. The number of hydrogen-bond acceptors (Lipinski definition) is 5. The Bertz CT molecular complexity index is 413. The molecule has 2 N–H and O–H groups in total. The van der Waals surface area contributed by atoms with Crippen LogP contribution in [0.3, 0.4) is 0 Å². The topological polar surface area (TPSA) is 88.3 Å². The van der Waals surface area contributed by atoms with Crippen molar-refractivity contribution in [3.8, 4) is 0 Å². The van der Waals surface area contributed by atoms with Crippen LogP contribution in [0.15, 0.2) is 18.3 Å². The van der Waals surface area contributed by atoms with Crippen molar-refractivity contribution < 1.29 is 10.0 Å². The zero-order valence-corrected chi connectivity index (χ0v) is 10.1. The lowest BCUT2D eigenvalue weighted by molar-refractivity contribution is -0.385. The van der Waals surface area contributed by atoms with E-state index in [1.165, 1.54) is 18.7 Å². The Balaban J connectivity index is 2.09. The van der Waals surface area contributed by atoms with E-state index in [2.05, 4.69) is 10.3 Å². The molecule has 2 rings (SSSR count). The molecule has 6 nitrogen and oxygen atoms in total. The van der Waals surface area contributed by atoms with Gasteiger partial charge in [-0.2, -0.15) is 0 Å². The Morgan fingerprint density at radius 2 is 2.11 bits per heavy atom. The predicted molar refractivity (Wildman–Crippen MR) is 67.4 cm³/mol. The first kappa shape index (κ1) is 12.8. The van der Waals surface area contributed by atoms with E-state index in [0.29, 0.717) is 5.82 Å². The third kappa shape index (κ3) is 2.76. The van der Waals surface area contributed by atoms with Gasteiger partial charge in [0.25, 0.3) is 5.69 Å². The van der Waals surface area contributed by atoms with Crippen LogP contribution in [0.2, 0.25) is 0 Å². The number of aromatic nitrogens is 1. The molecular weight excluding hydrogens is 234 g/mol.